The molecule has 0 radical (unpaired) electrons. The van der Waals surface area contributed by atoms with E-state index in [1.54, 1.807) is 35.2 Å². The Morgan fingerprint density at radius 3 is 2.60 bits per heavy atom. The first-order valence-corrected chi connectivity index (χ1v) is 10.7. The van der Waals surface area contributed by atoms with Crippen molar-refractivity contribution in [2.75, 3.05) is 23.5 Å². The number of amides is 1. The second-order valence-corrected chi connectivity index (χ2v) is 9.02. The molecular weight excluding hydrogens is 361 g/mol. The van der Waals surface area contributed by atoms with Crippen molar-refractivity contribution in [3.8, 4) is 0 Å². The Labute approximate surface area is 151 Å². The van der Waals surface area contributed by atoms with Crippen LogP contribution in [-0.4, -0.2) is 32.9 Å². The minimum absolute atomic E-state index is 0.0395. The summed E-state index contributed by atoms with van der Waals surface area (Å²) in [7, 11) is -3.26. The first kappa shape index (κ1) is 17.9. The fourth-order valence-corrected chi connectivity index (χ4v) is 4.26. The SMILES string of the molecule is CS(=O)(=O)c1ccc2c(c1)CCCN2C(=O)CSc1ccc(F)cc1. The smallest absolute Gasteiger partial charge is 0.237 e. The van der Waals surface area contributed by atoms with E-state index in [-0.39, 0.29) is 22.4 Å². The van der Waals surface area contributed by atoms with Crippen LogP contribution in [0.5, 0.6) is 0 Å². The predicted molar refractivity (Wildman–Crippen MR) is 97.3 cm³/mol. The van der Waals surface area contributed by atoms with Crippen LogP contribution in [-0.2, 0) is 21.1 Å². The third-order valence-electron chi connectivity index (χ3n) is 4.07. The number of carbonyl (C=O) groups is 1. The van der Waals surface area contributed by atoms with E-state index in [0.29, 0.717) is 6.54 Å². The van der Waals surface area contributed by atoms with Crippen LogP contribution in [0.2, 0.25) is 0 Å². The zero-order valence-corrected chi connectivity index (χ0v) is 15.4. The number of hydrogen-bond donors (Lipinski definition) is 0. The van der Waals surface area contributed by atoms with Gasteiger partial charge >= 0.3 is 0 Å². The first-order valence-electron chi connectivity index (χ1n) is 7.86. The Bertz CT molecular complexity index is 895. The third kappa shape index (κ3) is 4.22. The number of thioether (sulfide) groups is 1. The van der Waals surface area contributed by atoms with Crippen molar-refractivity contribution in [1.82, 2.24) is 0 Å². The molecule has 1 aliphatic heterocycles. The summed E-state index contributed by atoms with van der Waals surface area (Å²) in [4.78, 5) is 15.4. The van der Waals surface area contributed by atoms with Crippen LogP contribution >= 0.6 is 11.8 Å². The van der Waals surface area contributed by atoms with Crippen LogP contribution in [0, 0.1) is 5.82 Å². The molecule has 0 aliphatic carbocycles. The Morgan fingerprint density at radius 2 is 1.92 bits per heavy atom. The van der Waals surface area contributed by atoms with E-state index < -0.39 is 9.84 Å². The van der Waals surface area contributed by atoms with Crippen LogP contribution in [0.3, 0.4) is 0 Å². The number of hydrogen-bond acceptors (Lipinski definition) is 4. The van der Waals surface area contributed by atoms with Gasteiger partial charge in [0.1, 0.15) is 5.82 Å². The Morgan fingerprint density at radius 1 is 1.20 bits per heavy atom. The van der Waals surface area contributed by atoms with Crippen molar-refractivity contribution in [1.29, 1.82) is 0 Å². The number of aryl methyl sites for hydroxylation is 1. The fraction of sp³-hybridized carbons (Fsp3) is 0.278. The van der Waals surface area contributed by atoms with Gasteiger partial charge < -0.3 is 4.90 Å². The van der Waals surface area contributed by atoms with E-state index in [9.17, 15) is 17.6 Å². The molecule has 0 aromatic heterocycles. The lowest BCUT2D eigenvalue weighted by atomic mass is 10.0. The van der Waals surface area contributed by atoms with Gasteiger partial charge in [-0.3, -0.25) is 4.79 Å². The molecule has 4 nitrogen and oxygen atoms in total. The number of nitrogens with zero attached hydrogens (tertiary/aromatic N) is 1. The molecular formula is C18H18FNO3S2. The molecule has 0 saturated heterocycles. The molecule has 2 aromatic carbocycles. The number of carbonyl (C=O) groups excluding carboxylic acids is 1. The fourth-order valence-electron chi connectivity index (χ4n) is 2.82. The molecule has 0 bridgehead atoms. The second-order valence-electron chi connectivity index (χ2n) is 5.95. The molecule has 132 valence electrons. The van der Waals surface area contributed by atoms with Gasteiger partial charge in [0.15, 0.2) is 9.84 Å². The molecule has 25 heavy (non-hydrogen) atoms. The molecule has 7 heteroatoms. The van der Waals surface area contributed by atoms with Crippen molar-refractivity contribution in [2.45, 2.75) is 22.6 Å². The summed E-state index contributed by atoms with van der Waals surface area (Å²) in [6.45, 7) is 0.619. The molecule has 3 rings (SSSR count). The van der Waals surface area contributed by atoms with E-state index in [0.717, 1.165) is 29.0 Å². The average Bonchev–Trinajstić information content (AvgIpc) is 2.59. The number of sulfone groups is 1. The summed E-state index contributed by atoms with van der Waals surface area (Å²) in [5.41, 5.74) is 1.66. The quantitative estimate of drug-likeness (QED) is 0.765. The van der Waals surface area contributed by atoms with Gasteiger partial charge in [0.25, 0.3) is 0 Å². The average molecular weight is 379 g/mol. The molecule has 0 fully saturated rings. The van der Waals surface area contributed by atoms with Crippen molar-refractivity contribution < 1.29 is 17.6 Å². The Hall–Kier alpha value is -1.86. The molecule has 0 saturated carbocycles. The normalized spacial score (nSPS) is 14.2. The second kappa shape index (κ2) is 7.17. The van der Waals surface area contributed by atoms with Gasteiger partial charge in [-0.25, -0.2) is 12.8 Å². The Kier molecular flexibility index (Phi) is 5.15. The largest absolute Gasteiger partial charge is 0.311 e. The monoisotopic (exact) mass is 379 g/mol. The summed E-state index contributed by atoms with van der Waals surface area (Å²) in [6.07, 6.45) is 2.74. The summed E-state index contributed by atoms with van der Waals surface area (Å²) < 4.78 is 36.3. The third-order valence-corrected chi connectivity index (χ3v) is 6.18. The molecule has 2 aromatic rings. The Balaban J connectivity index is 1.75. The van der Waals surface area contributed by atoms with Crippen LogP contribution in [0.15, 0.2) is 52.3 Å². The highest BCUT2D eigenvalue weighted by Gasteiger charge is 2.23. The number of fused-ring (bicyclic) bond motifs is 1. The highest BCUT2D eigenvalue weighted by molar-refractivity contribution is 8.00. The lowest BCUT2D eigenvalue weighted by Gasteiger charge is -2.29. The van der Waals surface area contributed by atoms with E-state index in [2.05, 4.69) is 0 Å². The zero-order chi connectivity index (χ0) is 18.0. The zero-order valence-electron chi connectivity index (χ0n) is 13.7. The van der Waals surface area contributed by atoms with Gasteiger partial charge in [0.2, 0.25) is 5.91 Å². The van der Waals surface area contributed by atoms with Crippen molar-refractivity contribution in [3.63, 3.8) is 0 Å². The highest BCUT2D eigenvalue weighted by atomic mass is 32.2. The lowest BCUT2D eigenvalue weighted by Crippen LogP contribution is -2.36. The lowest BCUT2D eigenvalue weighted by molar-refractivity contribution is -0.116. The van der Waals surface area contributed by atoms with Crippen LogP contribution in [0.4, 0.5) is 10.1 Å². The van der Waals surface area contributed by atoms with E-state index in [1.807, 2.05) is 0 Å². The maximum Gasteiger partial charge on any atom is 0.237 e. The summed E-state index contributed by atoms with van der Waals surface area (Å²) in [5, 5.41) is 0. The number of benzene rings is 2. The molecule has 1 heterocycles. The van der Waals surface area contributed by atoms with Crippen molar-refractivity contribution >= 4 is 33.2 Å². The molecule has 0 spiro atoms. The molecule has 0 unspecified atom stereocenters. The van der Waals surface area contributed by atoms with E-state index >= 15 is 0 Å². The van der Waals surface area contributed by atoms with Gasteiger partial charge in [-0.2, -0.15) is 0 Å². The number of rotatable bonds is 4. The standard InChI is InChI=1S/C18H18FNO3S2/c1-25(22,23)16-8-9-17-13(11-16)3-2-10-20(17)18(21)12-24-15-6-4-14(19)5-7-15/h4-9,11H,2-3,10,12H2,1H3. The number of halogens is 1. The van der Waals surface area contributed by atoms with Gasteiger partial charge in [0, 0.05) is 23.4 Å². The van der Waals surface area contributed by atoms with Crippen molar-refractivity contribution in [2.24, 2.45) is 0 Å². The van der Waals surface area contributed by atoms with Crippen LogP contribution in [0.25, 0.3) is 0 Å². The van der Waals surface area contributed by atoms with E-state index in [1.165, 1.54) is 30.2 Å². The van der Waals surface area contributed by atoms with Crippen LogP contribution in [0.1, 0.15) is 12.0 Å². The van der Waals surface area contributed by atoms with E-state index in [4.69, 9.17) is 0 Å². The molecule has 1 amide bonds. The summed E-state index contributed by atoms with van der Waals surface area (Å²) >= 11 is 1.36. The van der Waals surface area contributed by atoms with Gasteiger partial charge in [0.05, 0.1) is 10.6 Å². The first-order chi connectivity index (χ1) is 11.8. The predicted octanol–water partition coefficient (Wildman–Crippen LogP) is 3.30. The number of anilines is 1. The molecule has 0 atom stereocenters. The minimum Gasteiger partial charge on any atom is -0.311 e. The summed E-state index contributed by atoms with van der Waals surface area (Å²) in [6, 6.07) is 11.0. The highest BCUT2D eigenvalue weighted by Crippen LogP contribution is 2.30. The van der Waals surface area contributed by atoms with Crippen molar-refractivity contribution in [3.05, 3.63) is 53.8 Å². The summed E-state index contributed by atoms with van der Waals surface area (Å²) in [5.74, 6) is -0.0940. The van der Waals surface area contributed by atoms with Gasteiger partial charge in [-0.05, 0) is 60.9 Å². The van der Waals surface area contributed by atoms with Gasteiger partial charge in [-0.15, -0.1) is 11.8 Å². The molecule has 1 aliphatic rings. The minimum atomic E-state index is -3.26. The van der Waals surface area contributed by atoms with Crippen LogP contribution < -0.4 is 4.90 Å². The van der Waals surface area contributed by atoms with Gasteiger partial charge in [-0.1, -0.05) is 0 Å². The molecule has 0 N–H and O–H groups in total. The maximum atomic E-state index is 12.9. The topological polar surface area (TPSA) is 54.5 Å². The maximum absolute atomic E-state index is 12.9.